The average molecular weight is 279 g/mol. The van der Waals surface area contributed by atoms with Crippen molar-refractivity contribution in [1.29, 1.82) is 0 Å². The van der Waals surface area contributed by atoms with Crippen LogP contribution in [0.2, 0.25) is 0 Å². The van der Waals surface area contributed by atoms with Crippen molar-refractivity contribution < 1.29 is 4.74 Å². The third-order valence-corrected chi connectivity index (χ3v) is 3.21. The minimum atomic E-state index is 0.119. The Morgan fingerprint density at radius 1 is 1.35 bits per heavy atom. The zero-order valence-electron chi connectivity index (χ0n) is 13.7. The van der Waals surface area contributed by atoms with Crippen molar-refractivity contribution in [3.05, 3.63) is 29.6 Å². The summed E-state index contributed by atoms with van der Waals surface area (Å²) in [4.78, 5) is 6.86. The van der Waals surface area contributed by atoms with Gasteiger partial charge in [-0.2, -0.15) is 0 Å². The third kappa shape index (κ3) is 6.46. The summed E-state index contributed by atoms with van der Waals surface area (Å²) in [5.41, 5.74) is 2.28. The van der Waals surface area contributed by atoms with E-state index in [4.69, 9.17) is 4.74 Å². The Balaban J connectivity index is 2.61. The van der Waals surface area contributed by atoms with Gasteiger partial charge in [0.25, 0.3) is 0 Å². The largest absolute Gasteiger partial charge is 0.383 e. The highest BCUT2D eigenvalue weighted by atomic mass is 16.5. The number of hydrogen-bond donors (Lipinski definition) is 1. The summed E-state index contributed by atoms with van der Waals surface area (Å²) < 4.78 is 5.35. The van der Waals surface area contributed by atoms with Crippen LogP contribution in [0.25, 0.3) is 0 Å². The number of nitrogens with one attached hydrogen (secondary N) is 1. The van der Waals surface area contributed by atoms with Gasteiger partial charge in [0.15, 0.2) is 0 Å². The molecule has 0 bridgehead atoms. The topological polar surface area (TPSA) is 37.4 Å². The standard InChI is InChI=1S/C16H29N3O/c1-13-8-7-9-14(18-13)11-19(5)15(12-20-6)10-17-16(2,3)4/h7-9,15,17H,10-12H2,1-6H3. The van der Waals surface area contributed by atoms with Crippen molar-refractivity contribution in [3.63, 3.8) is 0 Å². The van der Waals surface area contributed by atoms with E-state index in [9.17, 15) is 0 Å². The maximum atomic E-state index is 5.35. The first-order chi connectivity index (χ1) is 9.31. The van der Waals surface area contributed by atoms with Gasteiger partial charge in [0, 0.05) is 37.5 Å². The van der Waals surface area contributed by atoms with E-state index in [0.29, 0.717) is 12.6 Å². The molecule has 1 aromatic rings. The molecule has 0 aromatic carbocycles. The first-order valence-corrected chi connectivity index (χ1v) is 7.18. The van der Waals surface area contributed by atoms with Crippen LogP contribution in [0.4, 0.5) is 0 Å². The van der Waals surface area contributed by atoms with Crippen LogP contribution >= 0.6 is 0 Å². The first-order valence-electron chi connectivity index (χ1n) is 7.18. The Labute approximate surface area is 123 Å². The first kappa shape index (κ1) is 17.1. The van der Waals surface area contributed by atoms with Gasteiger partial charge < -0.3 is 10.1 Å². The lowest BCUT2D eigenvalue weighted by molar-refractivity contribution is 0.0965. The highest BCUT2D eigenvalue weighted by Crippen LogP contribution is 2.07. The van der Waals surface area contributed by atoms with E-state index < -0.39 is 0 Å². The van der Waals surface area contributed by atoms with E-state index in [1.54, 1.807) is 7.11 Å². The quantitative estimate of drug-likeness (QED) is 0.830. The Bertz CT molecular complexity index is 401. The van der Waals surface area contributed by atoms with Crippen LogP contribution in [-0.2, 0) is 11.3 Å². The fourth-order valence-corrected chi connectivity index (χ4v) is 2.03. The third-order valence-electron chi connectivity index (χ3n) is 3.21. The summed E-state index contributed by atoms with van der Waals surface area (Å²) in [6, 6.07) is 6.49. The fraction of sp³-hybridized carbons (Fsp3) is 0.688. The predicted molar refractivity (Wildman–Crippen MR) is 83.9 cm³/mol. The summed E-state index contributed by atoms with van der Waals surface area (Å²) in [5.74, 6) is 0. The van der Waals surface area contributed by atoms with Gasteiger partial charge >= 0.3 is 0 Å². The molecule has 0 fully saturated rings. The van der Waals surface area contributed by atoms with Crippen LogP contribution < -0.4 is 5.32 Å². The molecule has 0 aliphatic rings. The second-order valence-electron chi connectivity index (χ2n) is 6.43. The Kier molecular flexibility index (Phi) is 6.59. The van der Waals surface area contributed by atoms with Crippen molar-refractivity contribution in [2.24, 2.45) is 0 Å². The minimum absolute atomic E-state index is 0.119. The SMILES string of the molecule is COCC(CNC(C)(C)C)N(C)Cc1cccc(C)n1. The van der Waals surface area contributed by atoms with Crippen LogP contribution in [0.5, 0.6) is 0 Å². The van der Waals surface area contributed by atoms with Crippen molar-refractivity contribution in [2.45, 2.75) is 45.8 Å². The Morgan fingerprint density at radius 3 is 2.60 bits per heavy atom. The molecule has 4 heteroatoms. The number of ether oxygens (including phenoxy) is 1. The minimum Gasteiger partial charge on any atom is -0.383 e. The number of methoxy groups -OCH3 is 1. The molecule has 0 radical (unpaired) electrons. The fourth-order valence-electron chi connectivity index (χ4n) is 2.03. The molecule has 0 aliphatic heterocycles. The molecule has 0 amide bonds. The Hall–Kier alpha value is -0.970. The van der Waals surface area contributed by atoms with Crippen LogP contribution in [0.3, 0.4) is 0 Å². The normalized spacial score (nSPS) is 13.8. The highest BCUT2D eigenvalue weighted by molar-refractivity contribution is 5.09. The molecule has 114 valence electrons. The number of pyridine rings is 1. The molecule has 4 nitrogen and oxygen atoms in total. The number of rotatable bonds is 7. The van der Waals surface area contributed by atoms with Gasteiger partial charge in [-0.1, -0.05) is 6.07 Å². The molecule has 0 aliphatic carbocycles. The summed E-state index contributed by atoms with van der Waals surface area (Å²) in [6.07, 6.45) is 0. The molecule has 1 N–H and O–H groups in total. The molecular weight excluding hydrogens is 250 g/mol. The van der Waals surface area contributed by atoms with Crippen molar-refractivity contribution in [3.8, 4) is 0 Å². The van der Waals surface area contributed by atoms with E-state index in [-0.39, 0.29) is 5.54 Å². The van der Waals surface area contributed by atoms with Gasteiger partial charge in [-0.05, 0) is 46.9 Å². The molecule has 1 heterocycles. The van der Waals surface area contributed by atoms with Crippen LogP contribution in [0, 0.1) is 6.92 Å². The van der Waals surface area contributed by atoms with Gasteiger partial charge in [-0.3, -0.25) is 9.88 Å². The van der Waals surface area contributed by atoms with E-state index in [1.165, 1.54) is 0 Å². The maximum absolute atomic E-state index is 5.35. The molecule has 1 rings (SSSR count). The lowest BCUT2D eigenvalue weighted by Gasteiger charge is -2.31. The second-order valence-corrected chi connectivity index (χ2v) is 6.43. The number of nitrogens with zero attached hydrogens (tertiary/aromatic N) is 2. The number of aromatic nitrogens is 1. The molecule has 0 spiro atoms. The van der Waals surface area contributed by atoms with Crippen LogP contribution in [0.15, 0.2) is 18.2 Å². The Morgan fingerprint density at radius 2 is 2.05 bits per heavy atom. The summed E-state index contributed by atoms with van der Waals surface area (Å²) in [5, 5.41) is 3.54. The second kappa shape index (κ2) is 7.72. The van der Waals surface area contributed by atoms with E-state index in [0.717, 1.165) is 24.5 Å². The predicted octanol–water partition coefficient (Wildman–Crippen LogP) is 2.22. The smallest absolute Gasteiger partial charge is 0.0630 e. The molecule has 0 saturated carbocycles. The van der Waals surface area contributed by atoms with Gasteiger partial charge in [-0.15, -0.1) is 0 Å². The maximum Gasteiger partial charge on any atom is 0.0630 e. The van der Waals surface area contributed by atoms with Crippen LogP contribution in [0.1, 0.15) is 32.2 Å². The lowest BCUT2D eigenvalue weighted by atomic mass is 10.1. The number of hydrogen-bond acceptors (Lipinski definition) is 4. The van der Waals surface area contributed by atoms with E-state index in [2.05, 4.69) is 55.2 Å². The van der Waals surface area contributed by atoms with Gasteiger partial charge in [0.1, 0.15) is 0 Å². The van der Waals surface area contributed by atoms with Gasteiger partial charge in [0.05, 0.1) is 12.3 Å². The monoisotopic (exact) mass is 279 g/mol. The molecule has 20 heavy (non-hydrogen) atoms. The molecular formula is C16H29N3O. The number of likely N-dealkylation sites (N-methyl/N-ethyl adjacent to an activating group) is 1. The highest BCUT2D eigenvalue weighted by Gasteiger charge is 2.18. The zero-order valence-corrected chi connectivity index (χ0v) is 13.7. The zero-order chi connectivity index (χ0) is 15.2. The van der Waals surface area contributed by atoms with Crippen molar-refractivity contribution >= 4 is 0 Å². The average Bonchev–Trinajstić information content (AvgIpc) is 2.33. The molecule has 1 atom stereocenters. The molecule has 1 unspecified atom stereocenters. The van der Waals surface area contributed by atoms with E-state index >= 15 is 0 Å². The summed E-state index contributed by atoms with van der Waals surface area (Å²) in [7, 11) is 3.88. The summed E-state index contributed by atoms with van der Waals surface area (Å²) in [6.45, 7) is 11.0. The lowest BCUT2D eigenvalue weighted by Crippen LogP contribution is -2.48. The van der Waals surface area contributed by atoms with Crippen LogP contribution in [-0.4, -0.2) is 48.8 Å². The molecule has 0 saturated heterocycles. The van der Waals surface area contributed by atoms with Crippen molar-refractivity contribution in [1.82, 2.24) is 15.2 Å². The summed E-state index contributed by atoms with van der Waals surface area (Å²) >= 11 is 0. The number of aryl methyl sites for hydroxylation is 1. The van der Waals surface area contributed by atoms with Crippen molar-refractivity contribution in [2.75, 3.05) is 27.3 Å². The van der Waals surface area contributed by atoms with Gasteiger partial charge in [0.2, 0.25) is 0 Å². The molecule has 1 aromatic heterocycles. The van der Waals surface area contributed by atoms with Gasteiger partial charge in [-0.25, -0.2) is 0 Å². The van der Waals surface area contributed by atoms with E-state index in [1.807, 2.05) is 13.0 Å².